The third-order valence-corrected chi connectivity index (χ3v) is 9.73. The summed E-state index contributed by atoms with van der Waals surface area (Å²) in [7, 11) is 3.08. The van der Waals surface area contributed by atoms with Crippen molar-refractivity contribution in [2.24, 2.45) is 11.8 Å². The topological polar surface area (TPSA) is 89.5 Å². The van der Waals surface area contributed by atoms with Crippen molar-refractivity contribution in [3.8, 4) is 28.7 Å². The summed E-state index contributed by atoms with van der Waals surface area (Å²) in [6, 6.07) is 7.69. The molecule has 256 valence electrons. The molecule has 3 aliphatic rings. The standard InChI is InChI=1S/C39H52O8/c1-4-5-6-7-8-9-10-11-12-13-14-15-16-17-18-19-35(40)47-38-33(42-2)22-28(23-34(38)43-3)36-30-24-32-31(45-26-46-32)21-27(30)20-29-25-44-39(41)37(29)36/h9-10,21-24,29,36-37H,4-8,11-20,25-26H2,1-3H3/b10-9-/t29-,36+,37-/m0/s1. The Morgan fingerprint density at radius 3 is 2.09 bits per heavy atom. The van der Waals surface area contributed by atoms with E-state index in [-0.39, 0.29) is 42.2 Å². The van der Waals surface area contributed by atoms with Gasteiger partial charge in [0.2, 0.25) is 12.5 Å². The molecule has 47 heavy (non-hydrogen) atoms. The molecule has 2 aromatic carbocycles. The summed E-state index contributed by atoms with van der Waals surface area (Å²) < 4.78 is 34.2. The zero-order chi connectivity index (χ0) is 33.0. The molecule has 0 radical (unpaired) electrons. The number of ether oxygens (including phenoxy) is 6. The largest absolute Gasteiger partial charge is 0.493 e. The number of carbonyl (C=O) groups is 2. The maximum Gasteiger partial charge on any atom is 0.311 e. The van der Waals surface area contributed by atoms with E-state index in [1.807, 2.05) is 24.3 Å². The normalized spacial score (nSPS) is 19.4. The maximum atomic E-state index is 13.0. The molecule has 0 saturated carbocycles. The summed E-state index contributed by atoms with van der Waals surface area (Å²) in [5.41, 5.74) is 2.92. The van der Waals surface area contributed by atoms with E-state index in [0.29, 0.717) is 30.3 Å². The van der Waals surface area contributed by atoms with Gasteiger partial charge in [-0.3, -0.25) is 9.59 Å². The van der Waals surface area contributed by atoms with Crippen LogP contribution in [0.15, 0.2) is 36.4 Å². The van der Waals surface area contributed by atoms with Crippen LogP contribution in [0.25, 0.3) is 0 Å². The zero-order valence-electron chi connectivity index (χ0n) is 28.5. The molecule has 2 aliphatic heterocycles. The van der Waals surface area contributed by atoms with Crippen LogP contribution in [0.1, 0.15) is 119 Å². The Hall–Kier alpha value is -3.68. The number of methoxy groups -OCH3 is 2. The summed E-state index contributed by atoms with van der Waals surface area (Å²) in [5, 5.41) is 0. The third-order valence-electron chi connectivity index (χ3n) is 9.73. The molecule has 0 bridgehead atoms. The van der Waals surface area contributed by atoms with Gasteiger partial charge in [0.15, 0.2) is 23.0 Å². The molecule has 1 fully saturated rings. The number of fused-ring (bicyclic) bond motifs is 3. The Morgan fingerprint density at radius 1 is 0.809 bits per heavy atom. The Bertz CT molecular complexity index is 1360. The quantitative estimate of drug-likeness (QED) is 0.0646. The number of hydrogen-bond acceptors (Lipinski definition) is 8. The Balaban J connectivity index is 1.13. The average Bonchev–Trinajstić information content (AvgIpc) is 3.70. The van der Waals surface area contributed by atoms with E-state index in [0.717, 1.165) is 48.1 Å². The summed E-state index contributed by atoms with van der Waals surface area (Å²) in [6.45, 7) is 2.81. The predicted octanol–water partition coefficient (Wildman–Crippen LogP) is 8.85. The first-order chi connectivity index (χ1) is 23.0. The van der Waals surface area contributed by atoms with Crippen LogP contribution in [0, 0.1) is 11.8 Å². The monoisotopic (exact) mass is 648 g/mol. The van der Waals surface area contributed by atoms with Crippen molar-refractivity contribution < 1.29 is 38.0 Å². The second kappa shape index (κ2) is 17.5. The minimum Gasteiger partial charge on any atom is -0.493 e. The molecule has 2 heterocycles. The molecular formula is C39H52O8. The lowest BCUT2D eigenvalue weighted by Crippen LogP contribution is -2.31. The van der Waals surface area contributed by atoms with Gasteiger partial charge in [-0.2, -0.15) is 0 Å². The van der Waals surface area contributed by atoms with Crippen molar-refractivity contribution in [1.29, 1.82) is 0 Å². The first-order valence-corrected chi connectivity index (χ1v) is 17.7. The molecule has 1 aliphatic carbocycles. The van der Waals surface area contributed by atoms with Crippen molar-refractivity contribution >= 4 is 11.9 Å². The fraction of sp³-hybridized carbons (Fsp3) is 0.590. The first kappa shape index (κ1) is 34.6. The van der Waals surface area contributed by atoms with Crippen LogP contribution in [0.2, 0.25) is 0 Å². The van der Waals surface area contributed by atoms with E-state index >= 15 is 0 Å². The fourth-order valence-corrected chi connectivity index (χ4v) is 7.19. The van der Waals surface area contributed by atoms with Gasteiger partial charge in [0, 0.05) is 18.3 Å². The second-order valence-electron chi connectivity index (χ2n) is 13.1. The minimum absolute atomic E-state index is 0.0434. The number of rotatable bonds is 19. The minimum atomic E-state index is -0.354. The summed E-state index contributed by atoms with van der Waals surface area (Å²) in [4.78, 5) is 25.9. The van der Waals surface area contributed by atoms with E-state index in [4.69, 9.17) is 28.4 Å². The zero-order valence-corrected chi connectivity index (χ0v) is 28.5. The lowest BCUT2D eigenvalue weighted by Gasteiger charge is -2.34. The van der Waals surface area contributed by atoms with Crippen LogP contribution in [0.3, 0.4) is 0 Å². The second-order valence-corrected chi connectivity index (χ2v) is 13.1. The van der Waals surface area contributed by atoms with Gasteiger partial charge in [0.1, 0.15) is 0 Å². The van der Waals surface area contributed by atoms with Crippen molar-refractivity contribution in [3.63, 3.8) is 0 Å². The Labute approximate surface area is 280 Å². The highest BCUT2D eigenvalue weighted by atomic mass is 16.7. The van der Waals surface area contributed by atoms with E-state index in [1.165, 1.54) is 64.2 Å². The molecule has 1 saturated heterocycles. The first-order valence-electron chi connectivity index (χ1n) is 17.7. The van der Waals surface area contributed by atoms with E-state index < -0.39 is 0 Å². The van der Waals surface area contributed by atoms with Gasteiger partial charge in [-0.15, -0.1) is 0 Å². The molecule has 0 aromatic heterocycles. The van der Waals surface area contributed by atoms with Gasteiger partial charge in [0.25, 0.3) is 0 Å². The SMILES string of the molecule is CCCCCC/C=C\CCCCCCCCCC(=O)Oc1c(OC)cc([C@@H]2c3cc4c(cc3C[C@H]3COC(=O)[C@@H]32)OCO4)cc1OC. The van der Waals surface area contributed by atoms with Gasteiger partial charge in [-0.1, -0.05) is 70.4 Å². The number of cyclic esters (lactones) is 1. The van der Waals surface area contributed by atoms with E-state index in [2.05, 4.69) is 19.1 Å². The molecule has 0 amide bonds. The van der Waals surface area contributed by atoms with Gasteiger partial charge in [0.05, 0.1) is 26.7 Å². The number of unbranched alkanes of at least 4 members (excludes halogenated alkanes) is 11. The molecule has 3 atom stereocenters. The molecular weight excluding hydrogens is 596 g/mol. The predicted molar refractivity (Wildman–Crippen MR) is 181 cm³/mol. The van der Waals surface area contributed by atoms with Crippen LogP contribution in [-0.4, -0.2) is 39.6 Å². The van der Waals surface area contributed by atoms with Gasteiger partial charge < -0.3 is 28.4 Å². The fourth-order valence-electron chi connectivity index (χ4n) is 7.19. The van der Waals surface area contributed by atoms with Crippen LogP contribution in [0.5, 0.6) is 28.7 Å². The van der Waals surface area contributed by atoms with Gasteiger partial charge in [-0.05, 0) is 79.5 Å². The number of esters is 2. The third kappa shape index (κ3) is 8.82. The van der Waals surface area contributed by atoms with E-state index in [9.17, 15) is 9.59 Å². The number of benzene rings is 2. The molecule has 8 nitrogen and oxygen atoms in total. The highest BCUT2D eigenvalue weighted by molar-refractivity contribution is 5.79. The van der Waals surface area contributed by atoms with Crippen molar-refractivity contribution in [1.82, 2.24) is 0 Å². The smallest absolute Gasteiger partial charge is 0.311 e. The summed E-state index contributed by atoms with van der Waals surface area (Å²) in [6.07, 6.45) is 21.3. The highest BCUT2D eigenvalue weighted by Gasteiger charge is 2.48. The average molecular weight is 649 g/mol. The lowest BCUT2D eigenvalue weighted by molar-refractivity contribution is -0.141. The summed E-state index contributed by atoms with van der Waals surface area (Å²) in [5.74, 6) is 1.26. The highest BCUT2D eigenvalue weighted by Crippen LogP contribution is 2.52. The lowest BCUT2D eigenvalue weighted by atomic mass is 9.67. The molecule has 5 rings (SSSR count). The molecule has 0 spiro atoms. The molecule has 8 heteroatoms. The van der Waals surface area contributed by atoms with Gasteiger partial charge in [-0.25, -0.2) is 0 Å². The molecule has 2 aromatic rings. The van der Waals surface area contributed by atoms with Crippen LogP contribution in [-0.2, 0) is 20.7 Å². The van der Waals surface area contributed by atoms with Crippen LogP contribution < -0.4 is 23.7 Å². The van der Waals surface area contributed by atoms with Crippen molar-refractivity contribution in [3.05, 3.63) is 53.1 Å². The Kier molecular flexibility index (Phi) is 12.9. The van der Waals surface area contributed by atoms with Crippen molar-refractivity contribution in [2.75, 3.05) is 27.6 Å². The van der Waals surface area contributed by atoms with Gasteiger partial charge >= 0.3 is 11.9 Å². The number of allylic oxidation sites excluding steroid dienone is 2. The summed E-state index contributed by atoms with van der Waals surface area (Å²) >= 11 is 0. The molecule has 0 N–H and O–H groups in total. The molecule has 0 unspecified atom stereocenters. The number of hydrogen-bond donors (Lipinski definition) is 0. The van der Waals surface area contributed by atoms with Crippen molar-refractivity contribution in [2.45, 2.75) is 109 Å². The maximum absolute atomic E-state index is 13.0. The van der Waals surface area contributed by atoms with E-state index in [1.54, 1.807) is 14.2 Å². The number of carbonyl (C=O) groups excluding carboxylic acids is 2. The van der Waals surface area contributed by atoms with Crippen LogP contribution >= 0.6 is 0 Å². The van der Waals surface area contributed by atoms with Crippen LogP contribution in [0.4, 0.5) is 0 Å². The Morgan fingerprint density at radius 2 is 1.43 bits per heavy atom.